The predicted octanol–water partition coefficient (Wildman–Crippen LogP) is 2.88. The number of sulfonamides is 1. The van der Waals surface area contributed by atoms with Crippen LogP contribution in [0, 0.1) is 5.82 Å². The SMILES string of the molecule is CC(C)Sc1nnc2c(S(=O)(=O)N3CCN(c4ccc(F)cc4)CC3)cccn12. The minimum atomic E-state index is -3.70. The molecule has 0 N–H and O–H groups in total. The van der Waals surface area contributed by atoms with Crippen molar-refractivity contribution in [2.75, 3.05) is 31.1 Å². The summed E-state index contributed by atoms with van der Waals surface area (Å²) in [6.45, 7) is 5.87. The maximum atomic E-state index is 13.3. The Morgan fingerprint density at radius 3 is 2.38 bits per heavy atom. The monoisotopic (exact) mass is 435 g/mol. The second kappa shape index (κ2) is 7.92. The second-order valence-electron chi connectivity index (χ2n) is 7.08. The molecule has 0 saturated carbocycles. The van der Waals surface area contributed by atoms with Crippen LogP contribution in [0.4, 0.5) is 10.1 Å². The third-order valence-electron chi connectivity index (χ3n) is 4.76. The number of pyridine rings is 1. The van der Waals surface area contributed by atoms with Crippen molar-refractivity contribution < 1.29 is 12.8 Å². The lowest BCUT2D eigenvalue weighted by Crippen LogP contribution is -2.48. The third-order valence-corrected chi connectivity index (χ3v) is 7.64. The molecule has 1 aliphatic rings. The molecule has 1 saturated heterocycles. The van der Waals surface area contributed by atoms with Gasteiger partial charge in [0.2, 0.25) is 10.0 Å². The first-order valence-electron chi connectivity index (χ1n) is 9.37. The van der Waals surface area contributed by atoms with Gasteiger partial charge in [0, 0.05) is 43.3 Å². The standard InChI is InChI=1S/C19H22FN5O2S2/c1-14(2)28-19-22-21-18-17(4-3-9-25(18)19)29(26,27)24-12-10-23(11-13-24)16-7-5-15(20)6-8-16/h3-9,14H,10-13H2,1-2H3. The number of hydrogen-bond acceptors (Lipinski definition) is 6. The summed E-state index contributed by atoms with van der Waals surface area (Å²) in [5.74, 6) is -0.286. The summed E-state index contributed by atoms with van der Waals surface area (Å²) in [5.41, 5.74) is 1.23. The molecule has 2 aromatic heterocycles. The largest absolute Gasteiger partial charge is 0.369 e. The molecule has 0 spiro atoms. The van der Waals surface area contributed by atoms with Gasteiger partial charge in [-0.25, -0.2) is 12.8 Å². The molecule has 4 rings (SSSR count). The highest BCUT2D eigenvalue weighted by Crippen LogP contribution is 2.27. The fourth-order valence-electron chi connectivity index (χ4n) is 3.34. The first-order valence-corrected chi connectivity index (χ1v) is 11.7. The minimum absolute atomic E-state index is 0.165. The minimum Gasteiger partial charge on any atom is -0.369 e. The molecule has 0 unspecified atom stereocenters. The van der Waals surface area contributed by atoms with Crippen molar-refractivity contribution in [3.8, 4) is 0 Å². The van der Waals surface area contributed by atoms with E-state index >= 15 is 0 Å². The van der Waals surface area contributed by atoms with E-state index in [-0.39, 0.29) is 10.7 Å². The Hall–Kier alpha value is -2.17. The highest BCUT2D eigenvalue weighted by molar-refractivity contribution is 7.99. The maximum Gasteiger partial charge on any atom is 0.246 e. The lowest BCUT2D eigenvalue weighted by atomic mass is 10.2. The van der Waals surface area contributed by atoms with Crippen molar-refractivity contribution in [3.05, 3.63) is 48.4 Å². The Bertz CT molecular complexity index is 1110. The number of piperazine rings is 1. The molecule has 0 aliphatic carbocycles. The van der Waals surface area contributed by atoms with Gasteiger partial charge in [-0.3, -0.25) is 4.40 Å². The average molecular weight is 436 g/mol. The van der Waals surface area contributed by atoms with Gasteiger partial charge in [0.15, 0.2) is 10.8 Å². The van der Waals surface area contributed by atoms with Crippen molar-refractivity contribution in [1.82, 2.24) is 18.9 Å². The number of aromatic nitrogens is 3. The number of anilines is 1. The van der Waals surface area contributed by atoms with Crippen LogP contribution in [0.25, 0.3) is 5.65 Å². The lowest BCUT2D eigenvalue weighted by molar-refractivity contribution is 0.385. The van der Waals surface area contributed by atoms with Crippen LogP contribution in [0.5, 0.6) is 0 Å². The topological polar surface area (TPSA) is 70.8 Å². The summed E-state index contributed by atoms with van der Waals surface area (Å²) >= 11 is 1.54. The Morgan fingerprint density at radius 1 is 1.03 bits per heavy atom. The summed E-state index contributed by atoms with van der Waals surface area (Å²) in [6, 6.07) is 9.54. The molecule has 0 radical (unpaired) electrons. The van der Waals surface area contributed by atoms with Crippen molar-refractivity contribution in [2.45, 2.75) is 29.1 Å². The van der Waals surface area contributed by atoms with E-state index in [2.05, 4.69) is 15.1 Å². The predicted molar refractivity (Wildman–Crippen MR) is 111 cm³/mol. The van der Waals surface area contributed by atoms with Crippen LogP contribution < -0.4 is 4.90 Å². The molecule has 154 valence electrons. The molecule has 7 nitrogen and oxygen atoms in total. The van der Waals surface area contributed by atoms with Crippen molar-refractivity contribution >= 4 is 33.1 Å². The molecule has 1 aromatic carbocycles. The van der Waals surface area contributed by atoms with Crippen LogP contribution in [0.2, 0.25) is 0 Å². The molecule has 1 aliphatic heterocycles. The maximum absolute atomic E-state index is 13.3. The van der Waals surface area contributed by atoms with Gasteiger partial charge >= 0.3 is 0 Å². The van der Waals surface area contributed by atoms with Gasteiger partial charge in [-0.1, -0.05) is 25.6 Å². The fraction of sp³-hybridized carbons (Fsp3) is 0.368. The Balaban J connectivity index is 1.56. The molecule has 0 bridgehead atoms. The van der Waals surface area contributed by atoms with Crippen molar-refractivity contribution in [1.29, 1.82) is 0 Å². The van der Waals surface area contributed by atoms with Gasteiger partial charge in [0.1, 0.15) is 10.7 Å². The average Bonchev–Trinajstić information content (AvgIpc) is 3.11. The number of halogens is 1. The Kier molecular flexibility index (Phi) is 5.50. The molecule has 3 aromatic rings. The van der Waals surface area contributed by atoms with Gasteiger partial charge in [-0.15, -0.1) is 10.2 Å². The van der Waals surface area contributed by atoms with E-state index in [1.807, 2.05) is 13.8 Å². The number of fused-ring (bicyclic) bond motifs is 1. The molecule has 0 amide bonds. The summed E-state index contributed by atoms with van der Waals surface area (Å²) in [4.78, 5) is 2.22. The van der Waals surface area contributed by atoms with E-state index in [1.165, 1.54) is 28.2 Å². The normalized spacial score (nSPS) is 16.1. The number of benzene rings is 1. The molecule has 3 heterocycles. The zero-order chi connectivity index (χ0) is 20.6. The molecule has 1 fully saturated rings. The van der Waals surface area contributed by atoms with Gasteiger partial charge in [-0.2, -0.15) is 4.31 Å². The van der Waals surface area contributed by atoms with Gasteiger partial charge in [0.05, 0.1) is 0 Å². The van der Waals surface area contributed by atoms with Crippen molar-refractivity contribution in [2.24, 2.45) is 0 Å². The van der Waals surface area contributed by atoms with Crippen molar-refractivity contribution in [3.63, 3.8) is 0 Å². The quantitative estimate of drug-likeness (QED) is 0.574. The smallest absolute Gasteiger partial charge is 0.246 e. The van der Waals surface area contributed by atoms with E-state index < -0.39 is 10.0 Å². The van der Waals surface area contributed by atoms with Gasteiger partial charge in [0.25, 0.3) is 0 Å². The van der Waals surface area contributed by atoms with E-state index in [0.717, 1.165) is 5.69 Å². The van der Waals surface area contributed by atoms with E-state index in [0.29, 0.717) is 42.2 Å². The highest BCUT2D eigenvalue weighted by Gasteiger charge is 2.31. The summed E-state index contributed by atoms with van der Waals surface area (Å²) in [6.07, 6.45) is 1.78. The molecular formula is C19H22FN5O2S2. The Labute approximate surface area is 173 Å². The van der Waals surface area contributed by atoms with Crippen LogP contribution in [-0.4, -0.2) is 58.8 Å². The fourth-order valence-corrected chi connectivity index (χ4v) is 5.65. The zero-order valence-corrected chi connectivity index (χ0v) is 17.8. The Morgan fingerprint density at radius 2 is 1.72 bits per heavy atom. The molecule has 29 heavy (non-hydrogen) atoms. The number of rotatable bonds is 5. The highest BCUT2D eigenvalue weighted by atomic mass is 32.2. The van der Waals surface area contributed by atoms with E-state index in [9.17, 15) is 12.8 Å². The first-order chi connectivity index (χ1) is 13.9. The first kappa shape index (κ1) is 20.1. The summed E-state index contributed by atoms with van der Waals surface area (Å²) < 4.78 is 42.9. The number of nitrogens with zero attached hydrogens (tertiary/aromatic N) is 5. The molecule has 10 heteroatoms. The van der Waals surface area contributed by atoms with Crippen LogP contribution in [0.1, 0.15) is 13.8 Å². The van der Waals surface area contributed by atoms with E-state index in [1.54, 1.807) is 34.9 Å². The molecular weight excluding hydrogens is 413 g/mol. The summed E-state index contributed by atoms with van der Waals surface area (Å²) in [7, 11) is -3.70. The zero-order valence-electron chi connectivity index (χ0n) is 16.2. The molecule has 0 atom stereocenters. The second-order valence-corrected chi connectivity index (χ2v) is 10.5. The van der Waals surface area contributed by atoms with Crippen LogP contribution in [0.3, 0.4) is 0 Å². The van der Waals surface area contributed by atoms with Gasteiger partial charge < -0.3 is 4.90 Å². The number of thioether (sulfide) groups is 1. The van der Waals surface area contributed by atoms with Crippen LogP contribution in [-0.2, 0) is 10.0 Å². The van der Waals surface area contributed by atoms with Gasteiger partial charge in [-0.05, 0) is 36.4 Å². The summed E-state index contributed by atoms with van der Waals surface area (Å²) in [5, 5.41) is 9.29. The van der Waals surface area contributed by atoms with E-state index in [4.69, 9.17) is 0 Å². The van der Waals surface area contributed by atoms with Crippen LogP contribution >= 0.6 is 11.8 Å². The lowest BCUT2D eigenvalue weighted by Gasteiger charge is -2.35. The number of hydrogen-bond donors (Lipinski definition) is 0. The third kappa shape index (κ3) is 3.96. The van der Waals surface area contributed by atoms with Crippen LogP contribution in [0.15, 0.2) is 52.6 Å².